The van der Waals surface area contributed by atoms with Crippen LogP contribution in [0.4, 0.5) is 0 Å². The Morgan fingerprint density at radius 3 is 2.50 bits per heavy atom. The Bertz CT molecular complexity index is 646. The zero-order valence-corrected chi connectivity index (χ0v) is 10.7. The van der Waals surface area contributed by atoms with E-state index in [0.717, 1.165) is 5.56 Å². The van der Waals surface area contributed by atoms with Gasteiger partial charge < -0.3 is 14.9 Å². The molecule has 0 bridgehead atoms. The van der Waals surface area contributed by atoms with Crippen LogP contribution in [0.15, 0.2) is 42.5 Å². The van der Waals surface area contributed by atoms with Gasteiger partial charge in [0.2, 0.25) is 0 Å². The van der Waals surface area contributed by atoms with Crippen LogP contribution in [0.3, 0.4) is 0 Å². The van der Waals surface area contributed by atoms with Crippen LogP contribution in [0.5, 0.6) is 17.2 Å². The van der Waals surface area contributed by atoms with Crippen molar-refractivity contribution in [2.45, 2.75) is 6.42 Å². The third-order valence-corrected chi connectivity index (χ3v) is 3.46. The number of aromatic hydroxyl groups is 2. The quantitative estimate of drug-likeness (QED) is 0.880. The van der Waals surface area contributed by atoms with Crippen molar-refractivity contribution in [1.29, 1.82) is 0 Å². The zero-order valence-electron chi connectivity index (χ0n) is 10.7. The molecular formula is C16H14O4. The van der Waals surface area contributed by atoms with Crippen molar-refractivity contribution < 1.29 is 19.7 Å². The smallest absolute Gasteiger partial charge is 0.173 e. The summed E-state index contributed by atoms with van der Waals surface area (Å²) in [6.45, 7) is 0.302. The maximum atomic E-state index is 12.4. The predicted octanol–water partition coefficient (Wildman–Crippen LogP) is 2.53. The number of rotatable bonds is 2. The molecule has 1 aliphatic heterocycles. The minimum Gasteiger partial charge on any atom is -0.508 e. The van der Waals surface area contributed by atoms with E-state index in [0.29, 0.717) is 24.3 Å². The molecule has 2 aromatic rings. The number of fused-ring (bicyclic) bond motifs is 1. The van der Waals surface area contributed by atoms with Gasteiger partial charge in [-0.05, 0) is 36.2 Å². The second-order valence-electron chi connectivity index (χ2n) is 4.92. The zero-order chi connectivity index (χ0) is 14.1. The number of carbonyl (C=O) groups is 1. The second-order valence-corrected chi connectivity index (χ2v) is 4.92. The average molecular weight is 270 g/mol. The summed E-state index contributed by atoms with van der Waals surface area (Å²) < 4.78 is 5.55. The summed E-state index contributed by atoms with van der Waals surface area (Å²) in [7, 11) is 0. The lowest BCUT2D eigenvalue weighted by Crippen LogP contribution is -2.29. The average Bonchev–Trinajstić information content (AvgIpc) is 2.44. The second kappa shape index (κ2) is 4.89. The van der Waals surface area contributed by atoms with Gasteiger partial charge in [-0.25, -0.2) is 0 Å². The van der Waals surface area contributed by atoms with Gasteiger partial charge in [0, 0.05) is 6.07 Å². The monoisotopic (exact) mass is 270 g/mol. The SMILES string of the molecule is O=C1c2ccc(O)cc2OC[C@H]1Cc1ccc(O)cc1. The summed E-state index contributed by atoms with van der Waals surface area (Å²) in [6.07, 6.45) is 0.569. The molecule has 2 N–H and O–H groups in total. The highest BCUT2D eigenvalue weighted by atomic mass is 16.5. The molecule has 2 aromatic carbocycles. The summed E-state index contributed by atoms with van der Waals surface area (Å²) >= 11 is 0. The fourth-order valence-corrected chi connectivity index (χ4v) is 2.39. The number of benzene rings is 2. The number of phenolic OH excluding ortho intramolecular Hbond substituents is 2. The first-order valence-electron chi connectivity index (χ1n) is 6.41. The molecule has 0 aromatic heterocycles. The van der Waals surface area contributed by atoms with Crippen molar-refractivity contribution in [2.75, 3.05) is 6.61 Å². The van der Waals surface area contributed by atoms with E-state index in [1.165, 1.54) is 12.1 Å². The third-order valence-electron chi connectivity index (χ3n) is 3.46. The van der Waals surface area contributed by atoms with E-state index < -0.39 is 0 Å². The fraction of sp³-hybridized carbons (Fsp3) is 0.188. The minimum atomic E-state index is -0.239. The van der Waals surface area contributed by atoms with Crippen molar-refractivity contribution in [1.82, 2.24) is 0 Å². The highest BCUT2D eigenvalue weighted by Gasteiger charge is 2.29. The van der Waals surface area contributed by atoms with Gasteiger partial charge in [-0.1, -0.05) is 12.1 Å². The van der Waals surface area contributed by atoms with Gasteiger partial charge in [-0.2, -0.15) is 0 Å². The molecular weight excluding hydrogens is 256 g/mol. The summed E-state index contributed by atoms with van der Waals surface area (Å²) in [5.74, 6) is 0.530. The first kappa shape index (κ1) is 12.5. The molecule has 1 heterocycles. The fourth-order valence-electron chi connectivity index (χ4n) is 2.39. The molecule has 0 spiro atoms. The Labute approximate surface area is 116 Å². The normalized spacial score (nSPS) is 17.4. The molecule has 4 nitrogen and oxygen atoms in total. The lowest BCUT2D eigenvalue weighted by molar-refractivity contribution is 0.0830. The molecule has 0 fully saturated rings. The largest absolute Gasteiger partial charge is 0.508 e. The molecule has 0 saturated carbocycles. The van der Waals surface area contributed by atoms with E-state index in [4.69, 9.17) is 4.74 Å². The number of ether oxygens (including phenoxy) is 1. The highest BCUT2D eigenvalue weighted by Crippen LogP contribution is 2.31. The van der Waals surface area contributed by atoms with E-state index in [2.05, 4.69) is 0 Å². The van der Waals surface area contributed by atoms with E-state index in [9.17, 15) is 15.0 Å². The number of carbonyl (C=O) groups excluding carboxylic acids is 1. The van der Waals surface area contributed by atoms with E-state index >= 15 is 0 Å². The van der Waals surface area contributed by atoms with Gasteiger partial charge in [-0.15, -0.1) is 0 Å². The van der Waals surface area contributed by atoms with Gasteiger partial charge >= 0.3 is 0 Å². The van der Waals surface area contributed by atoms with E-state index in [1.54, 1.807) is 30.3 Å². The molecule has 0 amide bonds. The van der Waals surface area contributed by atoms with Gasteiger partial charge in [0.25, 0.3) is 0 Å². The maximum Gasteiger partial charge on any atom is 0.173 e. The Balaban J connectivity index is 1.81. The van der Waals surface area contributed by atoms with Crippen LogP contribution in [0.2, 0.25) is 0 Å². The molecule has 0 aliphatic carbocycles. The highest BCUT2D eigenvalue weighted by molar-refractivity contribution is 6.01. The molecule has 0 radical (unpaired) electrons. The van der Waals surface area contributed by atoms with Crippen LogP contribution >= 0.6 is 0 Å². The van der Waals surface area contributed by atoms with Crippen molar-refractivity contribution in [3.63, 3.8) is 0 Å². The van der Waals surface area contributed by atoms with Crippen molar-refractivity contribution >= 4 is 5.78 Å². The Morgan fingerprint density at radius 2 is 1.75 bits per heavy atom. The van der Waals surface area contributed by atoms with Crippen LogP contribution < -0.4 is 4.74 Å². The van der Waals surface area contributed by atoms with Crippen LogP contribution in [-0.2, 0) is 6.42 Å². The summed E-state index contributed by atoms with van der Waals surface area (Å²) in [6, 6.07) is 11.4. The van der Waals surface area contributed by atoms with Gasteiger partial charge in [0.05, 0.1) is 18.1 Å². The molecule has 1 atom stereocenters. The molecule has 0 unspecified atom stereocenters. The minimum absolute atomic E-state index is 0.0272. The summed E-state index contributed by atoms with van der Waals surface area (Å²) in [5.41, 5.74) is 1.49. The maximum absolute atomic E-state index is 12.4. The van der Waals surface area contributed by atoms with Gasteiger partial charge in [0.15, 0.2) is 5.78 Å². The van der Waals surface area contributed by atoms with Crippen molar-refractivity contribution in [3.8, 4) is 17.2 Å². The topological polar surface area (TPSA) is 66.8 Å². The van der Waals surface area contributed by atoms with E-state index in [-0.39, 0.29) is 23.2 Å². The van der Waals surface area contributed by atoms with Gasteiger partial charge in [0.1, 0.15) is 17.2 Å². The standard InChI is InChI=1S/C16H14O4/c17-12-3-1-10(2-4-12)7-11-9-20-15-8-13(18)5-6-14(15)16(11)19/h1-6,8,11,17-18H,7,9H2/t11-/m1/s1. The first-order chi connectivity index (χ1) is 9.63. The Kier molecular flexibility index (Phi) is 3.06. The number of hydrogen-bond donors (Lipinski definition) is 2. The number of hydrogen-bond acceptors (Lipinski definition) is 4. The Hall–Kier alpha value is -2.49. The van der Waals surface area contributed by atoms with Crippen molar-refractivity contribution in [3.05, 3.63) is 53.6 Å². The number of ketones is 1. The molecule has 0 saturated heterocycles. The lowest BCUT2D eigenvalue weighted by atomic mass is 9.89. The van der Waals surface area contributed by atoms with Crippen LogP contribution in [0.25, 0.3) is 0 Å². The first-order valence-corrected chi connectivity index (χ1v) is 6.41. The molecule has 1 aliphatic rings. The van der Waals surface area contributed by atoms with Crippen LogP contribution in [0, 0.1) is 5.92 Å². The lowest BCUT2D eigenvalue weighted by Gasteiger charge is -2.24. The molecule has 4 heteroatoms. The molecule has 3 rings (SSSR count). The van der Waals surface area contributed by atoms with Crippen LogP contribution in [-0.4, -0.2) is 22.6 Å². The number of Topliss-reactive ketones (excluding diaryl/α,β-unsaturated/α-hetero) is 1. The molecule has 20 heavy (non-hydrogen) atoms. The van der Waals surface area contributed by atoms with Crippen molar-refractivity contribution in [2.24, 2.45) is 5.92 Å². The summed E-state index contributed by atoms with van der Waals surface area (Å²) in [4.78, 5) is 12.4. The van der Waals surface area contributed by atoms with E-state index in [1.807, 2.05) is 0 Å². The summed E-state index contributed by atoms with van der Waals surface area (Å²) in [5, 5.41) is 18.6. The molecule has 102 valence electrons. The third kappa shape index (κ3) is 2.32. The predicted molar refractivity (Wildman–Crippen MR) is 73.2 cm³/mol. The Morgan fingerprint density at radius 1 is 1.05 bits per heavy atom. The number of phenols is 2. The van der Waals surface area contributed by atoms with Gasteiger partial charge in [-0.3, -0.25) is 4.79 Å². The van der Waals surface area contributed by atoms with Crippen LogP contribution in [0.1, 0.15) is 15.9 Å².